The first-order valence-electron chi connectivity index (χ1n) is 1.57. The van der Waals surface area contributed by atoms with Crippen molar-refractivity contribution >= 4 is 16.3 Å². The minimum Gasteiger partial charge on any atom is -0.306 e. The molecule has 0 bridgehead atoms. The van der Waals surface area contributed by atoms with E-state index in [1.165, 1.54) is 0 Å². The van der Waals surface area contributed by atoms with E-state index in [-0.39, 0.29) is 0 Å². The van der Waals surface area contributed by atoms with Crippen LogP contribution >= 0.6 is 0 Å². The van der Waals surface area contributed by atoms with E-state index in [9.17, 15) is 8.42 Å². The quantitative estimate of drug-likeness (QED) is 0.448. The SMILES string of the molecule is N=C=C1OS(=O)(=O)O1. The smallest absolute Gasteiger partial charge is 0.306 e. The maximum absolute atomic E-state index is 9.87. The van der Waals surface area contributed by atoms with Gasteiger partial charge >= 0.3 is 16.3 Å². The fourth-order valence-corrected chi connectivity index (χ4v) is 0.700. The Labute approximate surface area is 45.4 Å². The van der Waals surface area contributed by atoms with Crippen LogP contribution in [0.25, 0.3) is 0 Å². The van der Waals surface area contributed by atoms with Gasteiger partial charge in [0, 0.05) is 0 Å². The first kappa shape index (κ1) is 5.14. The molecule has 1 fully saturated rings. The van der Waals surface area contributed by atoms with Gasteiger partial charge in [0.25, 0.3) is 0 Å². The third-order valence-electron chi connectivity index (χ3n) is 0.458. The Morgan fingerprint density at radius 2 is 2.00 bits per heavy atom. The normalized spacial score (nSPS) is 21.8. The average Bonchev–Trinajstić information content (AvgIpc) is 1.60. The molecule has 1 heterocycles. The first-order chi connectivity index (χ1) is 3.64. The molecule has 0 aromatic carbocycles. The average molecular weight is 135 g/mol. The van der Waals surface area contributed by atoms with E-state index < -0.39 is 16.3 Å². The third-order valence-corrected chi connectivity index (χ3v) is 1.17. The van der Waals surface area contributed by atoms with E-state index in [2.05, 4.69) is 8.37 Å². The lowest BCUT2D eigenvalue weighted by atomic mass is 11.0. The van der Waals surface area contributed by atoms with Gasteiger partial charge in [-0.15, -0.1) is 8.42 Å². The molecule has 1 rings (SSSR count). The summed E-state index contributed by atoms with van der Waals surface area (Å²) >= 11 is 0. The zero-order valence-electron chi connectivity index (χ0n) is 3.54. The number of rotatable bonds is 0. The second-order valence-electron chi connectivity index (χ2n) is 0.987. The van der Waals surface area contributed by atoms with E-state index in [4.69, 9.17) is 5.41 Å². The Bertz CT molecular complexity index is 231. The van der Waals surface area contributed by atoms with Gasteiger partial charge in [-0.25, -0.2) is 0 Å². The van der Waals surface area contributed by atoms with Crippen molar-refractivity contribution < 1.29 is 16.8 Å². The van der Waals surface area contributed by atoms with Gasteiger partial charge < -0.3 is 8.37 Å². The van der Waals surface area contributed by atoms with E-state index in [0.29, 0.717) is 0 Å². The summed E-state index contributed by atoms with van der Waals surface area (Å²) in [5, 5.41) is 6.24. The van der Waals surface area contributed by atoms with Crippen molar-refractivity contribution in [2.45, 2.75) is 0 Å². The molecule has 0 radical (unpaired) electrons. The Kier molecular flexibility index (Phi) is 0.797. The summed E-state index contributed by atoms with van der Waals surface area (Å²) < 4.78 is 27.4. The van der Waals surface area contributed by atoms with Crippen molar-refractivity contribution in [3.05, 3.63) is 5.95 Å². The summed E-state index contributed by atoms with van der Waals surface area (Å²) in [6.45, 7) is 0. The van der Waals surface area contributed by atoms with E-state index in [1.54, 1.807) is 5.87 Å². The molecule has 0 amide bonds. The van der Waals surface area contributed by atoms with Crippen LogP contribution in [0.3, 0.4) is 0 Å². The molecule has 0 atom stereocenters. The summed E-state index contributed by atoms with van der Waals surface area (Å²) in [5.41, 5.74) is 0. The standard InChI is InChI=1S/C2HNO4S/c3-1-2-6-8(4,5)7-2/h3H. The minimum absolute atomic E-state index is 0.412. The van der Waals surface area contributed by atoms with E-state index in [1.807, 2.05) is 0 Å². The summed E-state index contributed by atoms with van der Waals surface area (Å²) in [6.07, 6.45) is 0. The summed E-state index contributed by atoms with van der Waals surface area (Å²) in [4.78, 5) is 0. The highest BCUT2D eigenvalue weighted by Gasteiger charge is 2.31. The molecule has 44 valence electrons. The number of nitrogens with one attached hydrogen (secondary N) is 1. The van der Waals surface area contributed by atoms with Crippen molar-refractivity contribution in [3.8, 4) is 0 Å². The predicted molar refractivity (Wildman–Crippen MR) is 22.3 cm³/mol. The van der Waals surface area contributed by atoms with Crippen LogP contribution in [0.15, 0.2) is 5.95 Å². The monoisotopic (exact) mass is 135 g/mol. The van der Waals surface area contributed by atoms with Crippen LogP contribution < -0.4 is 0 Å². The molecule has 8 heavy (non-hydrogen) atoms. The Morgan fingerprint density at radius 1 is 1.50 bits per heavy atom. The third kappa shape index (κ3) is 0.661. The molecule has 0 aromatic heterocycles. The Balaban J connectivity index is 2.83. The van der Waals surface area contributed by atoms with E-state index >= 15 is 0 Å². The van der Waals surface area contributed by atoms with Gasteiger partial charge in [-0.2, -0.15) is 0 Å². The molecule has 5 nitrogen and oxygen atoms in total. The predicted octanol–water partition coefficient (Wildman–Crippen LogP) is -0.632. The van der Waals surface area contributed by atoms with Gasteiger partial charge in [0.05, 0.1) is 5.87 Å². The van der Waals surface area contributed by atoms with Crippen LogP contribution in [-0.4, -0.2) is 14.3 Å². The van der Waals surface area contributed by atoms with Crippen LogP contribution in [0.1, 0.15) is 0 Å². The van der Waals surface area contributed by atoms with Crippen molar-refractivity contribution in [3.63, 3.8) is 0 Å². The molecule has 1 aliphatic heterocycles. The fraction of sp³-hybridized carbons (Fsp3) is 0. The topological polar surface area (TPSA) is 76.5 Å². The van der Waals surface area contributed by atoms with Gasteiger partial charge in [-0.1, -0.05) is 0 Å². The molecular formula is C2HNO4S. The molecule has 0 spiro atoms. The second-order valence-corrected chi connectivity index (χ2v) is 2.14. The number of hydrogen-bond donors (Lipinski definition) is 1. The van der Waals surface area contributed by atoms with Gasteiger partial charge in [0.15, 0.2) is 0 Å². The summed E-state index contributed by atoms with van der Waals surface area (Å²) in [6, 6.07) is 0. The lowest BCUT2D eigenvalue weighted by molar-refractivity contribution is 0.127. The van der Waals surface area contributed by atoms with Crippen LogP contribution in [-0.2, 0) is 18.8 Å². The first-order valence-corrected chi connectivity index (χ1v) is 2.91. The van der Waals surface area contributed by atoms with Crippen LogP contribution in [0.2, 0.25) is 0 Å². The molecule has 0 aliphatic carbocycles. The summed E-state index contributed by atoms with van der Waals surface area (Å²) in [7, 11) is -3.76. The molecular weight excluding hydrogens is 134 g/mol. The largest absolute Gasteiger partial charge is 0.507 e. The highest BCUT2D eigenvalue weighted by molar-refractivity contribution is 7.83. The maximum Gasteiger partial charge on any atom is 0.507 e. The molecule has 6 heteroatoms. The highest BCUT2D eigenvalue weighted by Crippen LogP contribution is 2.18. The minimum atomic E-state index is -3.76. The van der Waals surface area contributed by atoms with Crippen molar-refractivity contribution in [2.24, 2.45) is 0 Å². The lowest BCUT2D eigenvalue weighted by Gasteiger charge is -2.13. The van der Waals surface area contributed by atoms with Crippen molar-refractivity contribution in [1.29, 1.82) is 5.41 Å². The van der Waals surface area contributed by atoms with Crippen molar-refractivity contribution in [2.75, 3.05) is 0 Å². The van der Waals surface area contributed by atoms with Gasteiger partial charge in [-0.05, 0) is 0 Å². The zero-order chi connectivity index (χ0) is 6.20. The van der Waals surface area contributed by atoms with Crippen molar-refractivity contribution in [1.82, 2.24) is 0 Å². The van der Waals surface area contributed by atoms with Gasteiger partial charge in [0.2, 0.25) is 0 Å². The molecule has 1 N–H and O–H groups in total. The molecule has 1 saturated heterocycles. The zero-order valence-corrected chi connectivity index (χ0v) is 4.36. The van der Waals surface area contributed by atoms with E-state index in [0.717, 1.165) is 0 Å². The van der Waals surface area contributed by atoms with Crippen LogP contribution in [0.4, 0.5) is 0 Å². The maximum atomic E-state index is 9.87. The molecule has 0 aromatic rings. The number of hydrogen-bond acceptors (Lipinski definition) is 5. The summed E-state index contributed by atoms with van der Waals surface area (Å²) in [5.74, 6) is 1.19. The van der Waals surface area contributed by atoms with Gasteiger partial charge in [-0.3, -0.25) is 5.41 Å². The molecule has 1 aliphatic rings. The lowest BCUT2D eigenvalue weighted by Crippen LogP contribution is -2.22. The highest BCUT2D eigenvalue weighted by atomic mass is 32.3. The fourth-order valence-electron chi connectivity index (χ4n) is 0.233. The molecule has 0 unspecified atom stereocenters. The second kappa shape index (κ2) is 1.24. The van der Waals surface area contributed by atoms with Crippen LogP contribution in [0, 0.1) is 5.41 Å². The molecule has 0 saturated carbocycles. The Morgan fingerprint density at radius 3 is 2.12 bits per heavy atom. The van der Waals surface area contributed by atoms with Gasteiger partial charge in [0.1, 0.15) is 0 Å². The Hall–Kier alpha value is -1.00. The van der Waals surface area contributed by atoms with Crippen LogP contribution in [0.5, 0.6) is 0 Å².